The van der Waals surface area contributed by atoms with Gasteiger partial charge >= 0.3 is 0 Å². The van der Waals surface area contributed by atoms with Crippen LogP contribution in [0.1, 0.15) is 31.2 Å². The molecule has 3 heteroatoms. The van der Waals surface area contributed by atoms with E-state index in [2.05, 4.69) is 40.5 Å². The molecule has 0 aromatic heterocycles. The van der Waals surface area contributed by atoms with Crippen LogP contribution < -0.4 is 5.32 Å². The molecule has 1 N–H and O–H groups in total. The van der Waals surface area contributed by atoms with Crippen LogP contribution in [0.3, 0.4) is 0 Å². The van der Waals surface area contributed by atoms with Crippen molar-refractivity contribution in [1.29, 1.82) is 0 Å². The summed E-state index contributed by atoms with van der Waals surface area (Å²) in [4.78, 5) is 2.71. The molecule has 0 bridgehead atoms. The normalized spacial score (nSPS) is 25.1. The first-order valence-corrected chi connectivity index (χ1v) is 8.01. The van der Waals surface area contributed by atoms with Crippen LogP contribution in [0.5, 0.6) is 0 Å². The van der Waals surface area contributed by atoms with Crippen LogP contribution in [0.15, 0.2) is 30.3 Å². The first kappa shape index (κ1) is 14.1. The molecule has 3 rings (SSSR count). The quantitative estimate of drug-likeness (QED) is 0.892. The van der Waals surface area contributed by atoms with Gasteiger partial charge in [0.15, 0.2) is 0 Å². The molecule has 2 saturated heterocycles. The van der Waals surface area contributed by atoms with E-state index >= 15 is 0 Å². The van der Waals surface area contributed by atoms with E-state index in [1.165, 1.54) is 50.9 Å². The van der Waals surface area contributed by atoms with Crippen molar-refractivity contribution in [2.75, 3.05) is 26.2 Å². The molecule has 0 unspecified atom stereocenters. The van der Waals surface area contributed by atoms with E-state index in [9.17, 15) is 0 Å². The summed E-state index contributed by atoms with van der Waals surface area (Å²) < 4.78 is 5.97. The zero-order valence-corrected chi connectivity index (χ0v) is 12.3. The highest BCUT2D eigenvalue weighted by Crippen LogP contribution is 2.24. The van der Waals surface area contributed by atoms with E-state index in [0.29, 0.717) is 6.04 Å². The molecular weight excluding hydrogens is 248 g/mol. The van der Waals surface area contributed by atoms with Crippen LogP contribution in [-0.2, 0) is 11.3 Å². The highest BCUT2D eigenvalue weighted by atomic mass is 16.5. The lowest BCUT2D eigenvalue weighted by atomic mass is 10.0. The van der Waals surface area contributed by atoms with Crippen molar-refractivity contribution >= 4 is 0 Å². The lowest BCUT2D eigenvalue weighted by Gasteiger charge is -2.35. The minimum absolute atomic E-state index is 0.641. The van der Waals surface area contributed by atoms with E-state index in [1.54, 1.807) is 0 Å². The smallest absolute Gasteiger partial charge is 0.0717 e. The van der Waals surface area contributed by atoms with Gasteiger partial charge in [-0.15, -0.1) is 0 Å². The average Bonchev–Trinajstić information content (AvgIpc) is 2.98. The fraction of sp³-hybridized carbons (Fsp3) is 0.647. The van der Waals surface area contributed by atoms with Gasteiger partial charge in [-0.05, 0) is 50.9 Å². The van der Waals surface area contributed by atoms with Gasteiger partial charge in [0.1, 0.15) is 0 Å². The number of piperidine rings is 1. The van der Waals surface area contributed by atoms with Gasteiger partial charge < -0.3 is 10.1 Å². The maximum Gasteiger partial charge on any atom is 0.0717 e. The van der Waals surface area contributed by atoms with Crippen LogP contribution >= 0.6 is 0 Å². The molecule has 1 aromatic rings. The number of ether oxygens (including phenoxy) is 1. The van der Waals surface area contributed by atoms with Crippen LogP contribution in [-0.4, -0.2) is 43.2 Å². The summed E-state index contributed by atoms with van der Waals surface area (Å²) in [6.07, 6.45) is 5.24. The molecule has 0 saturated carbocycles. The molecule has 3 nitrogen and oxygen atoms in total. The predicted octanol–water partition coefficient (Wildman–Crippen LogP) is 2.42. The summed E-state index contributed by atoms with van der Waals surface area (Å²) in [6, 6.07) is 11.9. The largest absolute Gasteiger partial charge is 0.375 e. The van der Waals surface area contributed by atoms with Crippen molar-refractivity contribution in [2.24, 2.45) is 0 Å². The Kier molecular flexibility index (Phi) is 5.06. The minimum atomic E-state index is 0.641. The van der Waals surface area contributed by atoms with Crippen molar-refractivity contribution in [3.8, 4) is 0 Å². The molecule has 2 fully saturated rings. The molecule has 1 atom stereocenters. The van der Waals surface area contributed by atoms with E-state index < -0.39 is 0 Å². The fourth-order valence-corrected chi connectivity index (χ4v) is 3.54. The summed E-state index contributed by atoms with van der Waals surface area (Å²) in [5.41, 5.74) is 1.28. The van der Waals surface area contributed by atoms with Gasteiger partial charge in [-0.3, -0.25) is 4.90 Å². The van der Waals surface area contributed by atoms with Crippen molar-refractivity contribution in [3.63, 3.8) is 0 Å². The predicted molar refractivity (Wildman–Crippen MR) is 81.7 cm³/mol. The Balaban J connectivity index is 1.46. The Morgan fingerprint density at radius 2 is 1.90 bits per heavy atom. The Labute approximate surface area is 122 Å². The number of benzene rings is 1. The van der Waals surface area contributed by atoms with Crippen molar-refractivity contribution in [2.45, 2.75) is 44.4 Å². The first-order valence-electron chi connectivity index (χ1n) is 8.01. The molecule has 0 aliphatic carbocycles. The Morgan fingerprint density at radius 1 is 1.10 bits per heavy atom. The highest BCUT2D eigenvalue weighted by molar-refractivity contribution is 5.13. The van der Waals surface area contributed by atoms with E-state index in [4.69, 9.17) is 4.74 Å². The van der Waals surface area contributed by atoms with Crippen LogP contribution in [0.4, 0.5) is 0 Å². The number of nitrogens with one attached hydrogen (secondary N) is 1. The second-order valence-electron chi connectivity index (χ2n) is 6.02. The molecule has 0 radical (unpaired) electrons. The maximum absolute atomic E-state index is 5.97. The third-order valence-corrected chi connectivity index (χ3v) is 4.62. The zero-order valence-electron chi connectivity index (χ0n) is 12.3. The summed E-state index contributed by atoms with van der Waals surface area (Å²) in [6.45, 7) is 5.26. The summed E-state index contributed by atoms with van der Waals surface area (Å²) in [5.74, 6) is 0. The van der Waals surface area contributed by atoms with Gasteiger partial charge in [0.05, 0.1) is 13.2 Å². The number of nitrogens with zero attached hydrogens (tertiary/aromatic N) is 1. The van der Waals surface area contributed by atoms with Gasteiger partial charge in [0.25, 0.3) is 0 Å². The van der Waals surface area contributed by atoms with Crippen molar-refractivity contribution in [1.82, 2.24) is 10.2 Å². The van der Waals surface area contributed by atoms with E-state index in [0.717, 1.165) is 19.3 Å². The van der Waals surface area contributed by atoms with E-state index in [-0.39, 0.29) is 0 Å². The minimum Gasteiger partial charge on any atom is -0.375 e. The lowest BCUT2D eigenvalue weighted by Crippen LogP contribution is -2.46. The van der Waals surface area contributed by atoms with Gasteiger partial charge in [0.2, 0.25) is 0 Å². The summed E-state index contributed by atoms with van der Waals surface area (Å²) >= 11 is 0. The maximum atomic E-state index is 5.97. The molecule has 2 aliphatic heterocycles. The van der Waals surface area contributed by atoms with Gasteiger partial charge in [-0.2, -0.15) is 0 Å². The van der Waals surface area contributed by atoms with Gasteiger partial charge in [0, 0.05) is 12.1 Å². The molecule has 2 heterocycles. The van der Waals surface area contributed by atoms with Gasteiger partial charge in [-0.25, -0.2) is 0 Å². The Bertz CT molecular complexity index is 389. The van der Waals surface area contributed by atoms with Crippen molar-refractivity contribution in [3.05, 3.63) is 35.9 Å². The molecule has 20 heavy (non-hydrogen) atoms. The van der Waals surface area contributed by atoms with Crippen LogP contribution in [0.2, 0.25) is 0 Å². The molecule has 0 amide bonds. The second kappa shape index (κ2) is 7.21. The Morgan fingerprint density at radius 3 is 2.70 bits per heavy atom. The van der Waals surface area contributed by atoms with Crippen LogP contribution in [0.25, 0.3) is 0 Å². The molecule has 1 aromatic carbocycles. The average molecular weight is 274 g/mol. The number of likely N-dealkylation sites (tertiary alicyclic amines) is 1. The van der Waals surface area contributed by atoms with Gasteiger partial charge in [-0.1, -0.05) is 30.3 Å². The lowest BCUT2D eigenvalue weighted by molar-refractivity contribution is 0.0443. The number of hydrogen-bond acceptors (Lipinski definition) is 3. The molecule has 2 aliphatic rings. The molecular formula is C17H26N2O. The first-order chi connectivity index (χ1) is 9.93. The third-order valence-electron chi connectivity index (χ3n) is 4.62. The Hall–Kier alpha value is -0.900. The van der Waals surface area contributed by atoms with Crippen molar-refractivity contribution < 1.29 is 4.74 Å². The second-order valence-corrected chi connectivity index (χ2v) is 6.02. The fourth-order valence-electron chi connectivity index (χ4n) is 3.54. The number of rotatable bonds is 5. The SMILES string of the molecule is c1ccc(COC[C@H]2CCCN2C2CCNCC2)cc1. The third kappa shape index (κ3) is 3.60. The van der Waals surface area contributed by atoms with E-state index in [1.807, 2.05) is 0 Å². The molecule has 110 valence electrons. The highest BCUT2D eigenvalue weighted by Gasteiger charge is 2.31. The zero-order chi connectivity index (χ0) is 13.6. The summed E-state index contributed by atoms with van der Waals surface area (Å²) in [7, 11) is 0. The summed E-state index contributed by atoms with van der Waals surface area (Å²) in [5, 5.41) is 3.46. The van der Waals surface area contributed by atoms with Crippen LogP contribution in [0, 0.1) is 0 Å². The molecule has 0 spiro atoms. The topological polar surface area (TPSA) is 24.5 Å². The number of hydrogen-bond donors (Lipinski definition) is 1. The monoisotopic (exact) mass is 274 g/mol. The standard InChI is InChI=1S/C17H26N2O/c1-2-5-15(6-3-1)13-20-14-17-7-4-12-19(17)16-8-10-18-11-9-16/h1-3,5-6,16-18H,4,7-14H2/t17-/m1/s1.